The van der Waals surface area contributed by atoms with Crippen molar-refractivity contribution in [3.8, 4) is 27.9 Å². The van der Waals surface area contributed by atoms with E-state index >= 15 is 0 Å². The molecular weight excluding hydrogens is 717 g/mol. The summed E-state index contributed by atoms with van der Waals surface area (Å²) in [6.07, 6.45) is 0. The van der Waals surface area contributed by atoms with Crippen LogP contribution in [0.2, 0.25) is 0 Å². The Morgan fingerprint density at radius 2 is 0.915 bits per heavy atom. The summed E-state index contributed by atoms with van der Waals surface area (Å²) in [5.74, 6) is 0. The molecule has 59 heavy (non-hydrogen) atoms. The average molecular weight is 753 g/mol. The van der Waals surface area contributed by atoms with E-state index in [-0.39, 0.29) is 0 Å². The predicted molar refractivity (Wildman–Crippen MR) is 249 cm³/mol. The Bertz CT molecular complexity index is 3520. The minimum absolute atomic E-state index is 0.893. The molecule has 0 radical (unpaired) electrons. The quantitative estimate of drug-likeness (QED) is 0.158. The fourth-order valence-electron chi connectivity index (χ4n) is 9.29. The standard InChI is InChI=1S/C56H36N2O/c1-2-16-44-37(13-1)27-28-39-31-34-43(36-50(39)44)57(42-15-11-14-40(35-42)46-21-12-26-55-56(46)49-20-6-10-25-54(49)59-55)41-32-29-38(30-33-41)45-17-3-7-22-51(45)58-52-23-8-4-18-47(52)48-19-5-9-24-53(48)58/h1-36H. The van der Waals surface area contributed by atoms with Gasteiger partial charge >= 0.3 is 0 Å². The van der Waals surface area contributed by atoms with Crippen molar-refractivity contribution in [3.05, 3.63) is 218 Å². The zero-order chi connectivity index (χ0) is 38.9. The number of furan rings is 1. The monoisotopic (exact) mass is 752 g/mol. The largest absolute Gasteiger partial charge is 0.456 e. The van der Waals surface area contributed by atoms with Crippen molar-refractivity contribution in [2.45, 2.75) is 0 Å². The summed E-state index contributed by atoms with van der Waals surface area (Å²) >= 11 is 0. The lowest BCUT2D eigenvalue weighted by Crippen LogP contribution is -2.10. The van der Waals surface area contributed by atoms with E-state index in [4.69, 9.17) is 4.42 Å². The Balaban J connectivity index is 1.03. The van der Waals surface area contributed by atoms with E-state index in [2.05, 4.69) is 216 Å². The molecule has 12 aromatic rings. The molecule has 0 atom stereocenters. The van der Waals surface area contributed by atoms with Gasteiger partial charge in [-0.05, 0) is 105 Å². The Morgan fingerprint density at radius 1 is 0.339 bits per heavy atom. The molecule has 2 aromatic heterocycles. The maximum Gasteiger partial charge on any atom is 0.136 e. The first kappa shape index (κ1) is 33.3. The van der Waals surface area contributed by atoms with Gasteiger partial charge in [-0.3, -0.25) is 0 Å². The molecule has 0 saturated carbocycles. The van der Waals surface area contributed by atoms with Crippen LogP contribution in [0.5, 0.6) is 0 Å². The zero-order valence-electron chi connectivity index (χ0n) is 32.1. The molecule has 0 spiro atoms. The Kier molecular flexibility index (Phi) is 7.54. The number of nitrogens with zero attached hydrogens (tertiary/aromatic N) is 2. The summed E-state index contributed by atoms with van der Waals surface area (Å²) in [5, 5.41) is 9.70. The molecule has 0 aliphatic heterocycles. The number of hydrogen-bond donors (Lipinski definition) is 0. The first-order chi connectivity index (χ1) is 29.3. The summed E-state index contributed by atoms with van der Waals surface area (Å²) in [6.45, 7) is 0. The van der Waals surface area contributed by atoms with Gasteiger partial charge in [0.2, 0.25) is 0 Å². The van der Waals surface area contributed by atoms with Gasteiger partial charge < -0.3 is 13.9 Å². The number of hydrogen-bond acceptors (Lipinski definition) is 2. The van der Waals surface area contributed by atoms with E-state index in [9.17, 15) is 0 Å². The highest BCUT2D eigenvalue weighted by molar-refractivity contribution is 6.13. The smallest absolute Gasteiger partial charge is 0.136 e. The molecule has 0 saturated heterocycles. The van der Waals surface area contributed by atoms with Crippen LogP contribution in [0, 0.1) is 0 Å². The molecule has 2 heterocycles. The minimum Gasteiger partial charge on any atom is -0.456 e. The second-order valence-corrected chi connectivity index (χ2v) is 15.3. The summed E-state index contributed by atoms with van der Waals surface area (Å²) in [5.41, 5.74) is 13.2. The van der Waals surface area contributed by atoms with Gasteiger partial charge in [-0.1, -0.05) is 152 Å². The molecule has 3 nitrogen and oxygen atoms in total. The topological polar surface area (TPSA) is 21.3 Å². The fraction of sp³-hybridized carbons (Fsp3) is 0. The normalized spacial score (nSPS) is 11.7. The van der Waals surface area contributed by atoms with Crippen molar-refractivity contribution in [2.24, 2.45) is 0 Å². The van der Waals surface area contributed by atoms with Crippen LogP contribution in [0.1, 0.15) is 0 Å². The van der Waals surface area contributed by atoms with Crippen LogP contribution in [-0.4, -0.2) is 4.57 Å². The van der Waals surface area contributed by atoms with Gasteiger partial charge in [-0.15, -0.1) is 0 Å². The minimum atomic E-state index is 0.893. The lowest BCUT2D eigenvalue weighted by atomic mass is 9.98. The Hall–Kier alpha value is -7.88. The SMILES string of the molecule is c1cc(-c2cccc3oc4ccccc4c23)cc(N(c2ccc(-c3ccccc3-n3c4ccccc4c4ccccc43)cc2)c2ccc3ccc4ccccc4c3c2)c1. The third-order valence-corrected chi connectivity index (χ3v) is 12.0. The average Bonchev–Trinajstić information content (AvgIpc) is 3.86. The van der Waals surface area contributed by atoms with Gasteiger partial charge in [-0.2, -0.15) is 0 Å². The fourth-order valence-corrected chi connectivity index (χ4v) is 9.29. The number of aromatic nitrogens is 1. The molecule has 276 valence electrons. The van der Waals surface area contributed by atoms with Crippen LogP contribution >= 0.6 is 0 Å². The molecule has 0 bridgehead atoms. The van der Waals surface area contributed by atoms with Crippen molar-refractivity contribution in [1.82, 2.24) is 4.57 Å². The maximum absolute atomic E-state index is 6.32. The van der Waals surface area contributed by atoms with Gasteiger partial charge in [0, 0.05) is 44.2 Å². The van der Waals surface area contributed by atoms with E-state index in [1.165, 1.54) is 48.9 Å². The molecule has 0 fully saturated rings. The highest BCUT2D eigenvalue weighted by Gasteiger charge is 2.19. The van der Waals surface area contributed by atoms with Crippen molar-refractivity contribution in [2.75, 3.05) is 4.90 Å². The third kappa shape index (κ3) is 5.36. The lowest BCUT2D eigenvalue weighted by Gasteiger charge is -2.27. The number of rotatable bonds is 6. The van der Waals surface area contributed by atoms with E-state index in [0.717, 1.165) is 61.4 Å². The van der Waals surface area contributed by atoms with Gasteiger partial charge in [0.25, 0.3) is 0 Å². The first-order valence-electron chi connectivity index (χ1n) is 20.2. The van der Waals surface area contributed by atoms with Crippen molar-refractivity contribution in [3.63, 3.8) is 0 Å². The highest BCUT2D eigenvalue weighted by atomic mass is 16.3. The molecule has 0 N–H and O–H groups in total. The van der Waals surface area contributed by atoms with Gasteiger partial charge in [0.05, 0.1) is 16.7 Å². The number of fused-ring (bicyclic) bond motifs is 9. The van der Waals surface area contributed by atoms with E-state index < -0.39 is 0 Å². The number of benzene rings is 10. The number of anilines is 3. The van der Waals surface area contributed by atoms with E-state index in [1.807, 2.05) is 12.1 Å². The zero-order valence-corrected chi connectivity index (χ0v) is 32.1. The predicted octanol–water partition coefficient (Wildman–Crippen LogP) is 15.8. The van der Waals surface area contributed by atoms with Crippen LogP contribution in [-0.2, 0) is 0 Å². The molecule has 3 heteroatoms. The van der Waals surface area contributed by atoms with Crippen molar-refractivity contribution >= 4 is 82.4 Å². The Morgan fingerprint density at radius 3 is 1.73 bits per heavy atom. The van der Waals surface area contributed by atoms with Crippen LogP contribution in [0.3, 0.4) is 0 Å². The molecule has 10 aromatic carbocycles. The van der Waals surface area contributed by atoms with Gasteiger partial charge in [-0.25, -0.2) is 0 Å². The van der Waals surface area contributed by atoms with E-state index in [0.29, 0.717) is 0 Å². The molecular formula is C56H36N2O. The van der Waals surface area contributed by atoms with Gasteiger partial charge in [0.15, 0.2) is 0 Å². The van der Waals surface area contributed by atoms with Crippen molar-refractivity contribution in [1.29, 1.82) is 0 Å². The summed E-state index contributed by atoms with van der Waals surface area (Å²) < 4.78 is 8.73. The first-order valence-corrected chi connectivity index (χ1v) is 20.2. The summed E-state index contributed by atoms with van der Waals surface area (Å²) in [7, 11) is 0. The van der Waals surface area contributed by atoms with Crippen LogP contribution in [0.4, 0.5) is 17.1 Å². The van der Waals surface area contributed by atoms with Crippen molar-refractivity contribution < 1.29 is 4.42 Å². The van der Waals surface area contributed by atoms with E-state index in [1.54, 1.807) is 0 Å². The highest BCUT2D eigenvalue weighted by Crippen LogP contribution is 2.43. The Labute approximate surface area is 341 Å². The van der Waals surface area contributed by atoms with Gasteiger partial charge in [0.1, 0.15) is 11.2 Å². The summed E-state index contributed by atoms with van der Waals surface area (Å²) in [6, 6.07) is 78.8. The van der Waals surface area contributed by atoms with Crippen LogP contribution in [0.25, 0.3) is 93.2 Å². The second kappa shape index (κ2) is 13.4. The number of para-hydroxylation sites is 4. The lowest BCUT2D eigenvalue weighted by molar-refractivity contribution is 0.669. The second-order valence-electron chi connectivity index (χ2n) is 15.3. The van der Waals surface area contributed by atoms with Crippen LogP contribution < -0.4 is 4.90 Å². The van der Waals surface area contributed by atoms with Crippen LogP contribution in [0.15, 0.2) is 223 Å². The molecule has 0 amide bonds. The third-order valence-electron chi connectivity index (χ3n) is 12.0. The summed E-state index contributed by atoms with van der Waals surface area (Å²) in [4.78, 5) is 2.39. The molecule has 0 aliphatic carbocycles. The molecule has 12 rings (SSSR count). The molecule has 0 unspecified atom stereocenters. The maximum atomic E-state index is 6.32. The molecule has 0 aliphatic rings.